The lowest BCUT2D eigenvalue weighted by atomic mass is 10.0. The first kappa shape index (κ1) is 15.2. The summed E-state index contributed by atoms with van der Waals surface area (Å²) >= 11 is 0. The Bertz CT molecular complexity index is 426. The fourth-order valence-electron chi connectivity index (χ4n) is 1.95. The molecule has 1 rings (SSSR count). The Kier molecular flexibility index (Phi) is 6.06. The SMILES string of the molecule is CCCC(C)CC(=O)NCc1ccc(C(=O)O)cc1. The monoisotopic (exact) mass is 263 g/mol. The number of aromatic carboxylic acids is 1. The van der Waals surface area contributed by atoms with Crippen LogP contribution in [0.25, 0.3) is 0 Å². The van der Waals surface area contributed by atoms with Crippen LogP contribution >= 0.6 is 0 Å². The van der Waals surface area contributed by atoms with Crippen LogP contribution < -0.4 is 5.32 Å². The van der Waals surface area contributed by atoms with Crippen molar-refractivity contribution < 1.29 is 14.7 Å². The zero-order valence-electron chi connectivity index (χ0n) is 11.5. The van der Waals surface area contributed by atoms with E-state index in [1.807, 2.05) is 0 Å². The van der Waals surface area contributed by atoms with Crippen molar-refractivity contribution in [3.63, 3.8) is 0 Å². The van der Waals surface area contributed by atoms with Crippen molar-refractivity contribution in [2.24, 2.45) is 5.92 Å². The molecule has 104 valence electrons. The molecule has 0 aliphatic heterocycles. The van der Waals surface area contributed by atoms with Gasteiger partial charge in [0.25, 0.3) is 0 Å². The van der Waals surface area contributed by atoms with Crippen LogP contribution in [-0.4, -0.2) is 17.0 Å². The summed E-state index contributed by atoms with van der Waals surface area (Å²) in [6.45, 7) is 4.63. The third kappa shape index (κ3) is 5.55. The van der Waals surface area contributed by atoms with Crippen LogP contribution in [-0.2, 0) is 11.3 Å². The summed E-state index contributed by atoms with van der Waals surface area (Å²) in [5, 5.41) is 11.6. The smallest absolute Gasteiger partial charge is 0.335 e. The van der Waals surface area contributed by atoms with Gasteiger partial charge in [-0.1, -0.05) is 38.8 Å². The van der Waals surface area contributed by atoms with Crippen molar-refractivity contribution in [1.82, 2.24) is 5.32 Å². The van der Waals surface area contributed by atoms with E-state index in [2.05, 4.69) is 19.2 Å². The summed E-state index contributed by atoms with van der Waals surface area (Å²) in [5.41, 5.74) is 1.16. The van der Waals surface area contributed by atoms with Gasteiger partial charge in [-0.3, -0.25) is 4.79 Å². The Labute approximate surface area is 113 Å². The van der Waals surface area contributed by atoms with Gasteiger partial charge in [0.2, 0.25) is 5.91 Å². The second-order valence-corrected chi connectivity index (χ2v) is 4.88. The molecule has 2 N–H and O–H groups in total. The van der Waals surface area contributed by atoms with Gasteiger partial charge in [0.1, 0.15) is 0 Å². The lowest BCUT2D eigenvalue weighted by Crippen LogP contribution is -2.24. The summed E-state index contributed by atoms with van der Waals surface area (Å²) in [6, 6.07) is 6.53. The minimum Gasteiger partial charge on any atom is -0.478 e. The van der Waals surface area contributed by atoms with Crippen molar-refractivity contribution >= 4 is 11.9 Å². The zero-order valence-corrected chi connectivity index (χ0v) is 11.5. The summed E-state index contributed by atoms with van der Waals surface area (Å²) < 4.78 is 0. The fraction of sp³-hybridized carbons (Fsp3) is 0.467. The molecule has 0 aliphatic carbocycles. The molecule has 19 heavy (non-hydrogen) atoms. The molecule has 0 heterocycles. The fourth-order valence-corrected chi connectivity index (χ4v) is 1.95. The highest BCUT2D eigenvalue weighted by Gasteiger charge is 2.08. The van der Waals surface area contributed by atoms with E-state index < -0.39 is 5.97 Å². The molecule has 0 fully saturated rings. The van der Waals surface area contributed by atoms with Gasteiger partial charge in [0.15, 0.2) is 0 Å². The predicted molar refractivity (Wildman–Crippen MR) is 73.9 cm³/mol. The Morgan fingerprint density at radius 1 is 1.26 bits per heavy atom. The molecular formula is C15H21NO3. The Balaban J connectivity index is 2.39. The van der Waals surface area contributed by atoms with Crippen LogP contribution in [0.1, 0.15) is 49.0 Å². The summed E-state index contributed by atoms with van der Waals surface area (Å²) in [5.74, 6) is -0.494. The second kappa shape index (κ2) is 7.56. The zero-order chi connectivity index (χ0) is 14.3. The van der Waals surface area contributed by atoms with E-state index in [1.165, 1.54) is 0 Å². The lowest BCUT2D eigenvalue weighted by Gasteiger charge is -2.10. The topological polar surface area (TPSA) is 66.4 Å². The standard InChI is InChI=1S/C15H21NO3/c1-3-4-11(2)9-14(17)16-10-12-5-7-13(8-6-12)15(18)19/h5-8,11H,3-4,9-10H2,1-2H3,(H,16,17)(H,18,19). The minimum absolute atomic E-state index is 0.0447. The van der Waals surface area contributed by atoms with Gasteiger partial charge >= 0.3 is 5.97 Å². The summed E-state index contributed by atoms with van der Waals surface area (Å²) in [6.07, 6.45) is 2.69. The van der Waals surface area contributed by atoms with Gasteiger partial charge in [-0.2, -0.15) is 0 Å². The number of hydrogen-bond acceptors (Lipinski definition) is 2. The molecule has 1 unspecified atom stereocenters. The summed E-state index contributed by atoms with van der Waals surface area (Å²) in [7, 11) is 0. The molecule has 1 amide bonds. The van der Waals surface area contributed by atoms with Crippen LogP contribution in [0.3, 0.4) is 0 Å². The van der Waals surface area contributed by atoms with Crippen LogP contribution in [0, 0.1) is 5.92 Å². The highest BCUT2D eigenvalue weighted by Crippen LogP contribution is 2.10. The quantitative estimate of drug-likeness (QED) is 0.795. The van der Waals surface area contributed by atoms with Crippen LogP contribution in [0.2, 0.25) is 0 Å². The predicted octanol–water partition coefficient (Wildman–Crippen LogP) is 2.83. The number of nitrogens with one attached hydrogen (secondary N) is 1. The Morgan fingerprint density at radius 2 is 1.89 bits per heavy atom. The van der Waals surface area contributed by atoms with Crippen molar-refractivity contribution in [3.05, 3.63) is 35.4 Å². The first-order valence-electron chi connectivity index (χ1n) is 6.61. The van der Waals surface area contributed by atoms with Gasteiger partial charge < -0.3 is 10.4 Å². The van der Waals surface area contributed by atoms with E-state index >= 15 is 0 Å². The molecule has 0 aromatic heterocycles. The minimum atomic E-state index is -0.941. The highest BCUT2D eigenvalue weighted by atomic mass is 16.4. The van der Waals surface area contributed by atoms with Crippen molar-refractivity contribution in [1.29, 1.82) is 0 Å². The first-order chi connectivity index (χ1) is 9.02. The second-order valence-electron chi connectivity index (χ2n) is 4.88. The maximum absolute atomic E-state index is 11.7. The van der Waals surface area contributed by atoms with Gasteiger partial charge in [-0.25, -0.2) is 4.79 Å². The van der Waals surface area contributed by atoms with Crippen LogP contribution in [0.4, 0.5) is 0 Å². The number of amides is 1. The molecule has 0 aliphatic rings. The molecule has 0 saturated heterocycles. The third-order valence-corrected chi connectivity index (χ3v) is 3.01. The van der Waals surface area contributed by atoms with Gasteiger partial charge in [-0.05, 0) is 23.6 Å². The molecule has 1 aromatic carbocycles. The lowest BCUT2D eigenvalue weighted by molar-refractivity contribution is -0.122. The number of carbonyl (C=O) groups is 2. The van der Waals surface area contributed by atoms with Crippen molar-refractivity contribution in [2.75, 3.05) is 0 Å². The Hall–Kier alpha value is -1.84. The molecule has 1 atom stereocenters. The molecule has 0 radical (unpaired) electrons. The van der Waals surface area contributed by atoms with E-state index in [0.29, 0.717) is 18.9 Å². The molecule has 1 aromatic rings. The third-order valence-electron chi connectivity index (χ3n) is 3.01. The number of carbonyl (C=O) groups excluding carboxylic acids is 1. The molecule has 4 heteroatoms. The first-order valence-corrected chi connectivity index (χ1v) is 6.61. The number of hydrogen-bond donors (Lipinski definition) is 2. The van der Waals surface area contributed by atoms with Gasteiger partial charge in [0.05, 0.1) is 5.56 Å². The molecule has 4 nitrogen and oxygen atoms in total. The van der Waals surface area contributed by atoms with E-state index in [9.17, 15) is 9.59 Å². The van der Waals surface area contributed by atoms with E-state index in [-0.39, 0.29) is 11.5 Å². The van der Waals surface area contributed by atoms with Crippen molar-refractivity contribution in [2.45, 2.75) is 39.7 Å². The Morgan fingerprint density at radius 3 is 2.42 bits per heavy atom. The van der Waals surface area contributed by atoms with E-state index in [1.54, 1.807) is 24.3 Å². The van der Waals surface area contributed by atoms with Crippen molar-refractivity contribution in [3.8, 4) is 0 Å². The molecular weight excluding hydrogens is 242 g/mol. The number of carboxylic acid groups (broad SMARTS) is 1. The highest BCUT2D eigenvalue weighted by molar-refractivity contribution is 5.87. The molecule has 0 spiro atoms. The number of rotatable bonds is 7. The van der Waals surface area contributed by atoms with Gasteiger partial charge in [-0.15, -0.1) is 0 Å². The summed E-state index contributed by atoms with van der Waals surface area (Å²) in [4.78, 5) is 22.4. The van der Waals surface area contributed by atoms with Crippen LogP contribution in [0.15, 0.2) is 24.3 Å². The average Bonchev–Trinajstić information content (AvgIpc) is 2.37. The van der Waals surface area contributed by atoms with E-state index in [4.69, 9.17) is 5.11 Å². The normalized spacial score (nSPS) is 11.9. The van der Waals surface area contributed by atoms with E-state index in [0.717, 1.165) is 18.4 Å². The average molecular weight is 263 g/mol. The maximum Gasteiger partial charge on any atom is 0.335 e. The van der Waals surface area contributed by atoms with Crippen LogP contribution in [0.5, 0.6) is 0 Å². The number of carboxylic acids is 1. The molecule has 0 bridgehead atoms. The largest absolute Gasteiger partial charge is 0.478 e. The number of benzene rings is 1. The molecule has 0 saturated carbocycles. The van der Waals surface area contributed by atoms with Gasteiger partial charge in [0, 0.05) is 13.0 Å². The maximum atomic E-state index is 11.7.